The maximum atomic E-state index is 5.57. The second-order valence-electron chi connectivity index (χ2n) is 2.93. The highest BCUT2D eigenvalue weighted by molar-refractivity contribution is 7.97. The third kappa shape index (κ3) is 3.91. The number of furan rings is 1. The first-order valence-electron chi connectivity index (χ1n) is 4.57. The van der Waals surface area contributed by atoms with Crippen molar-refractivity contribution in [2.75, 3.05) is 12.8 Å². The Kier molecular flexibility index (Phi) is 5.28. The molecule has 0 spiro atoms. The van der Waals surface area contributed by atoms with Crippen LogP contribution in [0.1, 0.15) is 17.9 Å². The van der Waals surface area contributed by atoms with Gasteiger partial charge in [-0.15, -0.1) is 12.3 Å². The van der Waals surface area contributed by atoms with Crippen molar-refractivity contribution in [1.82, 2.24) is 5.32 Å². The summed E-state index contributed by atoms with van der Waals surface area (Å²) in [6.45, 7) is 1.60. The zero-order valence-corrected chi connectivity index (χ0v) is 9.19. The molecule has 1 aromatic rings. The van der Waals surface area contributed by atoms with Crippen LogP contribution in [0.15, 0.2) is 16.5 Å². The summed E-state index contributed by atoms with van der Waals surface area (Å²) in [6.07, 6.45) is 7.96. The lowest BCUT2D eigenvalue weighted by molar-refractivity contribution is 0.461. The van der Waals surface area contributed by atoms with E-state index >= 15 is 0 Å². The first-order valence-corrected chi connectivity index (χ1v) is 5.97. The number of hydrogen-bond acceptors (Lipinski definition) is 3. The molecule has 0 saturated heterocycles. The molecule has 0 unspecified atom stereocenters. The largest absolute Gasteiger partial charge is 0.464 e. The fraction of sp³-hybridized carbons (Fsp3) is 0.455. The zero-order valence-electron chi connectivity index (χ0n) is 8.38. The van der Waals surface area contributed by atoms with E-state index in [1.165, 1.54) is 0 Å². The van der Waals surface area contributed by atoms with E-state index in [1.54, 1.807) is 11.8 Å². The first-order chi connectivity index (χ1) is 6.86. The predicted molar refractivity (Wildman–Crippen MR) is 61.1 cm³/mol. The van der Waals surface area contributed by atoms with Gasteiger partial charge in [-0.25, -0.2) is 0 Å². The lowest BCUT2D eigenvalue weighted by Gasteiger charge is -1.98. The Bertz CT molecular complexity index is 300. The second-order valence-corrected chi connectivity index (χ2v) is 3.80. The van der Waals surface area contributed by atoms with Gasteiger partial charge in [0.15, 0.2) is 0 Å². The molecular weight excluding hydrogens is 194 g/mol. The van der Waals surface area contributed by atoms with E-state index < -0.39 is 0 Å². The van der Waals surface area contributed by atoms with Crippen LogP contribution >= 0.6 is 11.8 Å². The number of hydrogen-bond donors (Lipinski definition) is 1. The SMILES string of the molecule is C#CCCNCc1ccc(CSC)o1. The minimum Gasteiger partial charge on any atom is -0.464 e. The van der Waals surface area contributed by atoms with Crippen molar-refractivity contribution in [2.24, 2.45) is 0 Å². The van der Waals surface area contributed by atoms with Gasteiger partial charge in [-0.05, 0) is 18.4 Å². The van der Waals surface area contributed by atoms with Crippen molar-refractivity contribution in [1.29, 1.82) is 0 Å². The Morgan fingerprint density at radius 1 is 1.50 bits per heavy atom. The second kappa shape index (κ2) is 6.58. The van der Waals surface area contributed by atoms with Crippen LogP contribution < -0.4 is 5.32 Å². The van der Waals surface area contributed by atoms with Crippen LogP contribution in [0.3, 0.4) is 0 Å². The molecule has 76 valence electrons. The Labute approximate surface area is 89.5 Å². The third-order valence-electron chi connectivity index (χ3n) is 1.75. The van der Waals surface area contributed by atoms with Crippen molar-refractivity contribution in [2.45, 2.75) is 18.7 Å². The van der Waals surface area contributed by atoms with Crippen molar-refractivity contribution in [3.05, 3.63) is 23.7 Å². The Balaban J connectivity index is 2.26. The van der Waals surface area contributed by atoms with E-state index in [1.807, 2.05) is 12.1 Å². The molecule has 0 fully saturated rings. The molecule has 0 radical (unpaired) electrons. The third-order valence-corrected chi connectivity index (χ3v) is 2.32. The molecule has 0 aliphatic rings. The van der Waals surface area contributed by atoms with Gasteiger partial charge in [0.25, 0.3) is 0 Å². The van der Waals surface area contributed by atoms with Crippen molar-refractivity contribution < 1.29 is 4.42 Å². The molecule has 1 heterocycles. The quantitative estimate of drug-likeness (QED) is 0.574. The topological polar surface area (TPSA) is 25.2 Å². The van der Waals surface area contributed by atoms with Crippen LogP contribution in [0.25, 0.3) is 0 Å². The van der Waals surface area contributed by atoms with Crippen molar-refractivity contribution in [3.63, 3.8) is 0 Å². The average Bonchev–Trinajstić information content (AvgIpc) is 2.61. The molecular formula is C11H15NOS. The summed E-state index contributed by atoms with van der Waals surface area (Å²) in [5, 5.41) is 3.21. The molecule has 14 heavy (non-hydrogen) atoms. The minimum atomic E-state index is 0.760. The van der Waals surface area contributed by atoms with Gasteiger partial charge in [-0.3, -0.25) is 0 Å². The molecule has 2 nitrogen and oxygen atoms in total. The molecule has 0 aliphatic carbocycles. The van der Waals surface area contributed by atoms with Gasteiger partial charge in [0.2, 0.25) is 0 Å². The lowest BCUT2D eigenvalue weighted by Crippen LogP contribution is -2.13. The number of nitrogens with one attached hydrogen (secondary N) is 1. The highest BCUT2D eigenvalue weighted by Gasteiger charge is 2.00. The molecule has 0 aromatic carbocycles. The van der Waals surface area contributed by atoms with Crippen molar-refractivity contribution in [3.8, 4) is 12.3 Å². The highest BCUT2D eigenvalue weighted by atomic mass is 32.2. The van der Waals surface area contributed by atoms with E-state index in [0.29, 0.717) is 0 Å². The van der Waals surface area contributed by atoms with Crippen LogP contribution in [0.5, 0.6) is 0 Å². The van der Waals surface area contributed by atoms with Gasteiger partial charge < -0.3 is 9.73 Å². The summed E-state index contributed by atoms with van der Waals surface area (Å²) in [4.78, 5) is 0. The van der Waals surface area contributed by atoms with Crippen LogP contribution in [-0.2, 0) is 12.3 Å². The monoisotopic (exact) mass is 209 g/mol. The molecule has 1 aromatic heterocycles. The summed E-state index contributed by atoms with van der Waals surface area (Å²) >= 11 is 1.76. The number of thioether (sulfide) groups is 1. The zero-order chi connectivity index (χ0) is 10.2. The Morgan fingerprint density at radius 3 is 3.00 bits per heavy atom. The molecule has 1 N–H and O–H groups in total. The van der Waals surface area contributed by atoms with Gasteiger partial charge in [0.1, 0.15) is 11.5 Å². The minimum absolute atomic E-state index is 0.760. The molecule has 1 rings (SSSR count). The Morgan fingerprint density at radius 2 is 2.29 bits per heavy atom. The first kappa shape index (κ1) is 11.2. The summed E-state index contributed by atoms with van der Waals surface area (Å²) in [7, 11) is 0. The van der Waals surface area contributed by atoms with E-state index in [4.69, 9.17) is 10.8 Å². The molecule has 0 aliphatic heterocycles. The van der Waals surface area contributed by atoms with Gasteiger partial charge in [0, 0.05) is 13.0 Å². The number of terminal acetylenes is 1. The van der Waals surface area contributed by atoms with Gasteiger partial charge in [0.05, 0.1) is 12.3 Å². The molecule has 0 bridgehead atoms. The molecule has 0 saturated carbocycles. The van der Waals surface area contributed by atoms with Gasteiger partial charge in [-0.1, -0.05) is 0 Å². The summed E-state index contributed by atoms with van der Waals surface area (Å²) in [5.74, 6) is 5.53. The fourth-order valence-corrected chi connectivity index (χ4v) is 1.55. The summed E-state index contributed by atoms with van der Waals surface area (Å²) < 4.78 is 5.57. The van der Waals surface area contributed by atoms with E-state index in [2.05, 4.69) is 17.5 Å². The number of rotatable bonds is 6. The summed E-state index contributed by atoms with van der Waals surface area (Å²) in [5.41, 5.74) is 0. The molecule has 3 heteroatoms. The van der Waals surface area contributed by atoms with Crippen LogP contribution in [0.4, 0.5) is 0 Å². The standard InChI is InChI=1S/C11H15NOS/c1-3-4-7-12-8-10-5-6-11(13-10)9-14-2/h1,5-6,12H,4,7-9H2,2H3. The normalized spacial score (nSPS) is 10.0. The lowest BCUT2D eigenvalue weighted by atomic mass is 10.4. The molecule has 0 amide bonds. The van der Waals surface area contributed by atoms with E-state index in [0.717, 1.165) is 36.8 Å². The van der Waals surface area contributed by atoms with E-state index in [9.17, 15) is 0 Å². The van der Waals surface area contributed by atoms with Crippen LogP contribution in [0, 0.1) is 12.3 Å². The van der Waals surface area contributed by atoms with Crippen molar-refractivity contribution >= 4 is 11.8 Å². The van der Waals surface area contributed by atoms with Gasteiger partial charge >= 0.3 is 0 Å². The Hall–Kier alpha value is -0.850. The average molecular weight is 209 g/mol. The smallest absolute Gasteiger partial charge is 0.118 e. The van der Waals surface area contributed by atoms with E-state index in [-0.39, 0.29) is 0 Å². The van der Waals surface area contributed by atoms with Crippen LogP contribution in [-0.4, -0.2) is 12.8 Å². The maximum Gasteiger partial charge on any atom is 0.118 e. The van der Waals surface area contributed by atoms with Gasteiger partial charge in [-0.2, -0.15) is 11.8 Å². The molecule has 0 atom stereocenters. The fourth-order valence-electron chi connectivity index (χ4n) is 1.11. The predicted octanol–water partition coefficient (Wildman–Crippen LogP) is 2.26. The summed E-state index contributed by atoms with van der Waals surface area (Å²) in [6, 6.07) is 4.03. The maximum absolute atomic E-state index is 5.57. The van der Waals surface area contributed by atoms with Crippen LogP contribution in [0.2, 0.25) is 0 Å². The highest BCUT2D eigenvalue weighted by Crippen LogP contribution is 2.12.